The van der Waals surface area contributed by atoms with E-state index in [0.717, 1.165) is 30.4 Å². The molecule has 7 nitrogen and oxygen atoms in total. The molecule has 0 bridgehead atoms. The SMILES string of the molecule is CCCCCOc1ccc(C(=O)Oc2ccc3c(c2)OC(N)=C(C#N)C3c2cccc(Oc3ccccc3)c2)cc1. The number of ether oxygens (including phenoxy) is 4. The minimum absolute atomic E-state index is 0.00242. The minimum Gasteiger partial charge on any atom is -0.494 e. The molecule has 0 aliphatic carbocycles. The Hall–Kier alpha value is -5.22. The lowest BCUT2D eigenvalue weighted by molar-refractivity contribution is 0.0734. The Balaban J connectivity index is 1.34. The van der Waals surface area contributed by atoms with Crippen LogP contribution in [0.2, 0.25) is 0 Å². The first-order chi connectivity index (χ1) is 20.1. The molecule has 1 aliphatic heterocycles. The molecule has 2 N–H and O–H groups in total. The van der Waals surface area contributed by atoms with Gasteiger partial charge in [0.15, 0.2) is 0 Å². The Labute approximate surface area is 239 Å². The van der Waals surface area contributed by atoms with Gasteiger partial charge in [0, 0.05) is 11.6 Å². The van der Waals surface area contributed by atoms with Crippen molar-refractivity contribution in [2.24, 2.45) is 5.73 Å². The zero-order valence-electron chi connectivity index (χ0n) is 22.7. The zero-order valence-corrected chi connectivity index (χ0v) is 22.7. The summed E-state index contributed by atoms with van der Waals surface area (Å²) in [6.07, 6.45) is 3.23. The molecule has 0 saturated heterocycles. The third-order valence-electron chi connectivity index (χ3n) is 6.68. The van der Waals surface area contributed by atoms with Crippen LogP contribution in [-0.4, -0.2) is 12.6 Å². The maximum Gasteiger partial charge on any atom is 0.343 e. The van der Waals surface area contributed by atoms with Crippen LogP contribution in [0.1, 0.15) is 53.6 Å². The second kappa shape index (κ2) is 12.8. The van der Waals surface area contributed by atoms with Crippen molar-refractivity contribution < 1.29 is 23.7 Å². The maximum absolute atomic E-state index is 12.8. The van der Waals surface area contributed by atoms with Gasteiger partial charge >= 0.3 is 5.97 Å². The number of unbranched alkanes of at least 4 members (excludes halogenated alkanes) is 2. The van der Waals surface area contributed by atoms with Crippen LogP contribution < -0.4 is 24.7 Å². The summed E-state index contributed by atoms with van der Waals surface area (Å²) < 4.78 is 23.2. The van der Waals surface area contributed by atoms with Crippen LogP contribution in [0.15, 0.2) is 109 Å². The number of benzene rings is 4. The van der Waals surface area contributed by atoms with E-state index >= 15 is 0 Å². The maximum atomic E-state index is 12.8. The van der Waals surface area contributed by atoms with Crippen molar-refractivity contribution in [2.75, 3.05) is 6.61 Å². The van der Waals surface area contributed by atoms with E-state index < -0.39 is 11.9 Å². The molecule has 1 atom stereocenters. The summed E-state index contributed by atoms with van der Waals surface area (Å²) in [5.41, 5.74) is 8.40. The molecule has 0 saturated carbocycles. The number of hydrogen-bond donors (Lipinski definition) is 1. The van der Waals surface area contributed by atoms with E-state index in [1.807, 2.05) is 54.6 Å². The zero-order chi connectivity index (χ0) is 28.6. The summed E-state index contributed by atoms with van der Waals surface area (Å²) in [6, 6.07) is 31.1. The molecule has 4 aromatic carbocycles. The van der Waals surface area contributed by atoms with Crippen molar-refractivity contribution >= 4 is 5.97 Å². The van der Waals surface area contributed by atoms with Gasteiger partial charge in [-0.25, -0.2) is 4.79 Å². The topological polar surface area (TPSA) is 104 Å². The van der Waals surface area contributed by atoms with E-state index in [2.05, 4.69) is 13.0 Å². The number of allylic oxidation sites excluding steroid dienone is 1. The van der Waals surface area contributed by atoms with Gasteiger partial charge in [-0.05, 0) is 66.6 Å². The highest BCUT2D eigenvalue weighted by Crippen LogP contribution is 2.44. The smallest absolute Gasteiger partial charge is 0.343 e. The van der Waals surface area contributed by atoms with E-state index in [-0.39, 0.29) is 11.5 Å². The second-order valence-electron chi connectivity index (χ2n) is 9.58. The van der Waals surface area contributed by atoms with Gasteiger partial charge in [-0.3, -0.25) is 0 Å². The standard InChI is InChI=1S/C34H30N2O5/c1-2-3-7-19-38-25-15-13-23(14-16-25)34(37)40-28-17-18-29-31(21-28)41-33(36)30(22-35)32(29)24-9-8-12-27(20-24)39-26-10-5-4-6-11-26/h4-6,8-18,20-21,32H,2-3,7,19,36H2,1H3. The summed E-state index contributed by atoms with van der Waals surface area (Å²) in [5.74, 6) is 1.73. The Bertz CT molecular complexity index is 1590. The summed E-state index contributed by atoms with van der Waals surface area (Å²) >= 11 is 0. The van der Waals surface area contributed by atoms with Gasteiger partial charge in [-0.2, -0.15) is 5.26 Å². The van der Waals surface area contributed by atoms with Crippen LogP contribution in [0.4, 0.5) is 0 Å². The van der Waals surface area contributed by atoms with E-state index in [9.17, 15) is 10.1 Å². The molecule has 7 heteroatoms. The van der Waals surface area contributed by atoms with Crippen molar-refractivity contribution in [3.05, 3.63) is 125 Å². The van der Waals surface area contributed by atoms with Crippen LogP contribution in [0.3, 0.4) is 0 Å². The molecule has 0 fully saturated rings. The van der Waals surface area contributed by atoms with E-state index in [1.165, 1.54) is 0 Å². The van der Waals surface area contributed by atoms with Gasteiger partial charge < -0.3 is 24.7 Å². The average Bonchev–Trinajstić information content (AvgIpc) is 2.99. The Morgan fingerprint density at radius 2 is 1.63 bits per heavy atom. The van der Waals surface area contributed by atoms with Gasteiger partial charge in [0.25, 0.3) is 0 Å². The largest absolute Gasteiger partial charge is 0.494 e. The number of hydrogen-bond acceptors (Lipinski definition) is 7. The highest BCUT2D eigenvalue weighted by molar-refractivity contribution is 5.91. The van der Waals surface area contributed by atoms with Crippen molar-refractivity contribution in [3.63, 3.8) is 0 Å². The molecule has 0 amide bonds. The average molecular weight is 547 g/mol. The van der Waals surface area contributed by atoms with Crippen LogP contribution in [-0.2, 0) is 0 Å². The van der Waals surface area contributed by atoms with Crippen LogP contribution in [0.25, 0.3) is 0 Å². The normalized spacial score (nSPS) is 13.9. The number of para-hydroxylation sites is 1. The van der Waals surface area contributed by atoms with Crippen LogP contribution in [0, 0.1) is 11.3 Å². The lowest BCUT2D eigenvalue weighted by atomic mass is 9.83. The van der Waals surface area contributed by atoms with Gasteiger partial charge in [-0.1, -0.05) is 56.2 Å². The summed E-state index contributed by atoms with van der Waals surface area (Å²) in [5, 5.41) is 9.94. The molecule has 41 heavy (non-hydrogen) atoms. The fourth-order valence-corrected chi connectivity index (χ4v) is 4.62. The predicted octanol–water partition coefficient (Wildman–Crippen LogP) is 7.49. The fourth-order valence-electron chi connectivity index (χ4n) is 4.62. The number of nitrogens with zero attached hydrogens (tertiary/aromatic N) is 1. The lowest BCUT2D eigenvalue weighted by Crippen LogP contribution is -2.21. The number of carbonyl (C=O) groups is 1. The number of nitrogens with two attached hydrogens (primary N) is 1. The Morgan fingerprint density at radius 1 is 0.878 bits per heavy atom. The van der Waals surface area contributed by atoms with Crippen molar-refractivity contribution in [1.82, 2.24) is 0 Å². The highest BCUT2D eigenvalue weighted by atomic mass is 16.5. The molecule has 1 heterocycles. The number of esters is 1. The molecule has 5 rings (SSSR count). The molecule has 0 spiro atoms. The second-order valence-corrected chi connectivity index (χ2v) is 9.58. The molecule has 0 radical (unpaired) electrons. The first-order valence-electron chi connectivity index (χ1n) is 13.5. The lowest BCUT2D eigenvalue weighted by Gasteiger charge is -2.27. The minimum atomic E-state index is -0.512. The first kappa shape index (κ1) is 27.4. The third-order valence-corrected chi connectivity index (χ3v) is 6.68. The third kappa shape index (κ3) is 6.51. The number of fused-ring (bicyclic) bond motifs is 1. The molecule has 4 aromatic rings. The van der Waals surface area contributed by atoms with E-state index in [1.54, 1.807) is 42.5 Å². The fraction of sp³-hybridized carbons (Fsp3) is 0.176. The summed E-state index contributed by atoms with van der Waals surface area (Å²) in [6.45, 7) is 2.78. The quantitative estimate of drug-likeness (QED) is 0.125. The highest BCUT2D eigenvalue weighted by Gasteiger charge is 2.31. The number of carbonyl (C=O) groups excluding carboxylic acids is 1. The molecular weight excluding hydrogens is 516 g/mol. The van der Waals surface area contributed by atoms with Gasteiger partial charge in [0.05, 0.1) is 18.1 Å². The van der Waals surface area contributed by atoms with Crippen LogP contribution in [0.5, 0.6) is 28.7 Å². The molecule has 1 unspecified atom stereocenters. The number of rotatable bonds is 10. The van der Waals surface area contributed by atoms with E-state index in [0.29, 0.717) is 40.9 Å². The van der Waals surface area contributed by atoms with Gasteiger partial charge in [-0.15, -0.1) is 0 Å². The van der Waals surface area contributed by atoms with Gasteiger partial charge in [0.1, 0.15) is 40.4 Å². The van der Waals surface area contributed by atoms with Crippen LogP contribution >= 0.6 is 0 Å². The molecular formula is C34H30N2O5. The monoisotopic (exact) mass is 546 g/mol. The molecule has 0 aromatic heterocycles. The first-order valence-corrected chi connectivity index (χ1v) is 13.5. The predicted molar refractivity (Wildman–Crippen MR) is 155 cm³/mol. The summed E-state index contributed by atoms with van der Waals surface area (Å²) in [4.78, 5) is 12.8. The van der Waals surface area contributed by atoms with E-state index in [4.69, 9.17) is 24.7 Å². The van der Waals surface area contributed by atoms with Gasteiger partial charge in [0.2, 0.25) is 5.88 Å². The molecule has 1 aliphatic rings. The Kier molecular flexibility index (Phi) is 8.51. The number of nitriles is 1. The summed E-state index contributed by atoms with van der Waals surface area (Å²) in [7, 11) is 0. The molecule has 206 valence electrons. The Morgan fingerprint density at radius 3 is 2.39 bits per heavy atom. The van der Waals surface area contributed by atoms with Crippen molar-refractivity contribution in [2.45, 2.75) is 32.1 Å². The van der Waals surface area contributed by atoms with Crippen molar-refractivity contribution in [3.8, 4) is 34.8 Å². The van der Waals surface area contributed by atoms with Crippen molar-refractivity contribution in [1.29, 1.82) is 5.26 Å².